The lowest BCUT2D eigenvalue weighted by molar-refractivity contribution is -0.186. The highest BCUT2D eigenvalue weighted by Gasteiger charge is 2.23. The molecule has 6 heteroatoms. The van der Waals surface area contributed by atoms with E-state index in [1.165, 1.54) is 14.2 Å². The van der Waals surface area contributed by atoms with Crippen molar-refractivity contribution in [1.29, 1.82) is 0 Å². The minimum atomic E-state index is -0.545. The van der Waals surface area contributed by atoms with Crippen LogP contribution in [0.1, 0.15) is 0 Å². The molecule has 0 heterocycles. The van der Waals surface area contributed by atoms with Gasteiger partial charge in [-0.15, -0.1) is 0 Å². The monoisotopic (exact) mass is 208 g/mol. The summed E-state index contributed by atoms with van der Waals surface area (Å²) in [6, 6.07) is 0. The fraction of sp³-hybridized carbons (Fsp3) is 1.00. The minimum Gasteiger partial charge on any atom is -0.394 e. The predicted molar refractivity (Wildman–Crippen MR) is 51.7 cm³/mol. The molecule has 0 spiro atoms. The molecule has 3 atom stereocenters. The van der Waals surface area contributed by atoms with Crippen molar-refractivity contribution in [2.75, 3.05) is 33.9 Å². The topological polar surface area (TPSA) is 100.0 Å². The quantitative estimate of drug-likeness (QED) is 0.410. The maximum absolute atomic E-state index is 9.04. The number of aliphatic hydroxyl groups excluding tert-OH is 1. The van der Waals surface area contributed by atoms with Gasteiger partial charge in [-0.25, -0.2) is 0 Å². The van der Waals surface area contributed by atoms with Crippen LogP contribution in [0.2, 0.25) is 0 Å². The molecule has 0 saturated carbocycles. The normalized spacial score (nSPS) is 17.8. The molecule has 14 heavy (non-hydrogen) atoms. The molecule has 0 aromatic heterocycles. The van der Waals surface area contributed by atoms with E-state index in [4.69, 9.17) is 30.8 Å². The van der Waals surface area contributed by atoms with Crippen molar-refractivity contribution < 1.29 is 19.3 Å². The van der Waals surface area contributed by atoms with Crippen LogP contribution in [-0.4, -0.2) is 57.5 Å². The zero-order chi connectivity index (χ0) is 11.0. The van der Waals surface area contributed by atoms with Crippen molar-refractivity contribution in [3.8, 4) is 0 Å². The van der Waals surface area contributed by atoms with E-state index in [0.29, 0.717) is 0 Å². The number of ether oxygens (including phenoxy) is 3. The van der Waals surface area contributed by atoms with Gasteiger partial charge in [-0.3, -0.25) is 0 Å². The van der Waals surface area contributed by atoms with Crippen LogP contribution >= 0.6 is 0 Å². The van der Waals surface area contributed by atoms with Crippen LogP contribution < -0.4 is 11.5 Å². The molecule has 0 bridgehead atoms. The molecule has 0 aromatic rings. The lowest BCUT2D eigenvalue weighted by Gasteiger charge is -2.26. The van der Waals surface area contributed by atoms with E-state index >= 15 is 0 Å². The molecule has 5 N–H and O–H groups in total. The average Bonchev–Trinajstić information content (AvgIpc) is 2.24. The van der Waals surface area contributed by atoms with E-state index < -0.39 is 12.4 Å². The number of aliphatic hydroxyl groups is 1. The average molecular weight is 208 g/mol. The smallest absolute Gasteiger partial charge is 0.169 e. The molecule has 0 rings (SSSR count). The van der Waals surface area contributed by atoms with Gasteiger partial charge in [0, 0.05) is 27.3 Å². The van der Waals surface area contributed by atoms with E-state index in [1.807, 2.05) is 0 Å². The fourth-order valence-electron chi connectivity index (χ4n) is 1.05. The van der Waals surface area contributed by atoms with Gasteiger partial charge in [0.25, 0.3) is 0 Å². The fourth-order valence-corrected chi connectivity index (χ4v) is 1.05. The van der Waals surface area contributed by atoms with E-state index in [2.05, 4.69) is 0 Å². The third kappa shape index (κ3) is 4.32. The lowest BCUT2D eigenvalue weighted by Crippen LogP contribution is -2.43. The van der Waals surface area contributed by atoms with Gasteiger partial charge < -0.3 is 30.8 Å². The summed E-state index contributed by atoms with van der Waals surface area (Å²) < 4.78 is 15.3. The Kier molecular flexibility index (Phi) is 7.96. The van der Waals surface area contributed by atoms with Gasteiger partial charge in [0.15, 0.2) is 6.29 Å². The number of nitrogens with two attached hydrogens (primary N) is 2. The summed E-state index contributed by atoms with van der Waals surface area (Å²) in [6.07, 6.45) is -1.42. The van der Waals surface area contributed by atoms with Crippen molar-refractivity contribution >= 4 is 0 Å². The molecule has 0 aliphatic rings. The molecule has 0 aliphatic heterocycles. The van der Waals surface area contributed by atoms with Crippen LogP contribution in [0.5, 0.6) is 0 Å². The van der Waals surface area contributed by atoms with Gasteiger partial charge in [0.05, 0.1) is 12.7 Å². The van der Waals surface area contributed by atoms with E-state index in [1.54, 1.807) is 0 Å². The maximum Gasteiger partial charge on any atom is 0.169 e. The van der Waals surface area contributed by atoms with Crippen LogP contribution in [0.3, 0.4) is 0 Å². The third-order valence-corrected chi connectivity index (χ3v) is 1.91. The van der Waals surface area contributed by atoms with Crippen molar-refractivity contribution in [2.24, 2.45) is 11.5 Å². The Bertz CT molecular complexity index is 129. The second-order valence-electron chi connectivity index (χ2n) is 2.77. The summed E-state index contributed by atoms with van der Waals surface area (Å²) in [5.74, 6) is 0. The summed E-state index contributed by atoms with van der Waals surface area (Å²) in [4.78, 5) is 0. The minimum absolute atomic E-state index is 0.185. The van der Waals surface area contributed by atoms with Crippen LogP contribution in [-0.2, 0) is 14.2 Å². The summed E-state index contributed by atoms with van der Waals surface area (Å²) in [6.45, 7) is 0.298. The first kappa shape index (κ1) is 13.8. The predicted octanol–water partition coefficient (Wildman–Crippen LogP) is -1.73. The highest BCUT2D eigenvalue weighted by atomic mass is 16.7. The molecule has 0 fully saturated rings. The molecule has 6 nitrogen and oxygen atoms in total. The first-order valence-electron chi connectivity index (χ1n) is 4.45. The van der Waals surface area contributed by atoms with Gasteiger partial charge in [-0.2, -0.15) is 0 Å². The Labute approximate surface area is 84.1 Å². The van der Waals surface area contributed by atoms with Gasteiger partial charge in [0.1, 0.15) is 6.10 Å². The van der Waals surface area contributed by atoms with Crippen molar-refractivity contribution in [3.63, 3.8) is 0 Å². The third-order valence-electron chi connectivity index (χ3n) is 1.91. The Morgan fingerprint density at radius 3 is 2.00 bits per heavy atom. The Hall–Kier alpha value is -0.240. The molecule has 0 aromatic carbocycles. The van der Waals surface area contributed by atoms with E-state index in [9.17, 15) is 0 Å². The van der Waals surface area contributed by atoms with Gasteiger partial charge in [0.2, 0.25) is 0 Å². The van der Waals surface area contributed by atoms with Crippen LogP contribution in [0.25, 0.3) is 0 Å². The number of methoxy groups -OCH3 is 2. The summed E-state index contributed by atoms with van der Waals surface area (Å²) in [5, 5.41) is 9.04. The van der Waals surface area contributed by atoms with Crippen LogP contribution in [0, 0.1) is 0 Å². The molecule has 0 saturated heterocycles. The molecular weight excluding hydrogens is 188 g/mol. The first-order valence-corrected chi connectivity index (χ1v) is 4.45. The summed E-state index contributed by atoms with van der Waals surface area (Å²) in [5.41, 5.74) is 10.8. The number of hydrogen-bond donors (Lipinski definition) is 3. The summed E-state index contributed by atoms with van der Waals surface area (Å²) >= 11 is 0. The van der Waals surface area contributed by atoms with E-state index in [-0.39, 0.29) is 25.8 Å². The highest BCUT2D eigenvalue weighted by molar-refractivity contribution is 4.71. The number of rotatable bonds is 8. The maximum atomic E-state index is 9.04. The number of hydrogen-bond acceptors (Lipinski definition) is 6. The highest BCUT2D eigenvalue weighted by Crippen LogP contribution is 2.05. The first-order chi connectivity index (χ1) is 6.73. The SMILES string of the molecule is COC(CN)OC(CO)C(CN)OC. The van der Waals surface area contributed by atoms with Crippen molar-refractivity contribution in [2.45, 2.75) is 18.5 Å². The summed E-state index contributed by atoms with van der Waals surface area (Å²) in [7, 11) is 2.99. The molecule has 86 valence electrons. The second kappa shape index (κ2) is 8.10. The second-order valence-corrected chi connectivity index (χ2v) is 2.77. The Balaban J connectivity index is 4.10. The zero-order valence-corrected chi connectivity index (χ0v) is 8.68. The lowest BCUT2D eigenvalue weighted by atomic mass is 10.2. The molecule has 3 unspecified atom stereocenters. The van der Waals surface area contributed by atoms with Crippen LogP contribution in [0.15, 0.2) is 0 Å². The van der Waals surface area contributed by atoms with Crippen molar-refractivity contribution in [1.82, 2.24) is 0 Å². The molecular formula is C8H20N2O4. The standard InChI is InChI=1S/C8H20N2O4/c1-12-6(3-9)7(5-11)14-8(4-10)13-2/h6-8,11H,3-5,9-10H2,1-2H3. The van der Waals surface area contributed by atoms with Gasteiger partial charge >= 0.3 is 0 Å². The molecule has 0 radical (unpaired) electrons. The largest absolute Gasteiger partial charge is 0.394 e. The molecule has 0 aliphatic carbocycles. The zero-order valence-electron chi connectivity index (χ0n) is 8.68. The van der Waals surface area contributed by atoms with Gasteiger partial charge in [-0.05, 0) is 0 Å². The van der Waals surface area contributed by atoms with Crippen LogP contribution in [0.4, 0.5) is 0 Å². The Morgan fingerprint density at radius 1 is 1.07 bits per heavy atom. The van der Waals surface area contributed by atoms with Crippen molar-refractivity contribution in [3.05, 3.63) is 0 Å². The van der Waals surface area contributed by atoms with Gasteiger partial charge in [-0.1, -0.05) is 0 Å². The Morgan fingerprint density at radius 2 is 1.71 bits per heavy atom. The van der Waals surface area contributed by atoms with E-state index in [0.717, 1.165) is 0 Å². The molecule has 0 amide bonds.